The highest BCUT2D eigenvalue weighted by Gasteiger charge is 2.23. The largest absolute Gasteiger partial charge is 0.508 e. The van der Waals surface area contributed by atoms with Gasteiger partial charge in [-0.3, -0.25) is 0 Å². The summed E-state index contributed by atoms with van der Waals surface area (Å²) in [4.78, 5) is 16.1. The van der Waals surface area contributed by atoms with Gasteiger partial charge < -0.3 is 9.84 Å². The molecule has 0 atom stereocenters. The molecule has 2 aromatic rings. The predicted molar refractivity (Wildman–Crippen MR) is 79.9 cm³/mol. The second-order valence-electron chi connectivity index (χ2n) is 4.79. The van der Waals surface area contributed by atoms with Crippen molar-refractivity contribution in [3.8, 4) is 5.75 Å². The number of esters is 1. The van der Waals surface area contributed by atoms with Gasteiger partial charge in [0, 0.05) is 5.56 Å². The maximum atomic E-state index is 11.8. The van der Waals surface area contributed by atoms with Gasteiger partial charge in [0.2, 0.25) is 5.90 Å². The van der Waals surface area contributed by atoms with E-state index >= 15 is 0 Å². The molecule has 1 aliphatic heterocycles. The maximum Gasteiger partial charge on any atom is 0.363 e. The Bertz CT molecular complexity index is 741. The number of phenols is 1. The summed E-state index contributed by atoms with van der Waals surface area (Å²) in [6.07, 6.45) is 1.63. The fraction of sp³-hybridized carbons (Fsp3) is 0.0588. The van der Waals surface area contributed by atoms with Crippen LogP contribution in [-0.4, -0.2) is 17.0 Å². The smallest absolute Gasteiger partial charge is 0.363 e. The molecule has 0 bridgehead atoms. The van der Waals surface area contributed by atoms with Crippen molar-refractivity contribution in [2.45, 2.75) is 6.92 Å². The molecule has 104 valence electrons. The van der Waals surface area contributed by atoms with Gasteiger partial charge in [-0.25, -0.2) is 9.79 Å². The van der Waals surface area contributed by atoms with Crippen molar-refractivity contribution in [3.63, 3.8) is 0 Å². The maximum absolute atomic E-state index is 11.8. The number of cyclic esters (lactones) is 1. The molecular formula is C17H13NO3. The standard InChI is InChI=1S/C17H13NO3/c1-11-2-6-13(7-3-11)16-18-15(17(20)21-16)10-12-4-8-14(19)9-5-12/h2-10,19H,1H3/b15-10-. The highest BCUT2D eigenvalue weighted by atomic mass is 16.6. The zero-order valence-electron chi connectivity index (χ0n) is 11.4. The van der Waals surface area contributed by atoms with Crippen molar-refractivity contribution in [3.05, 3.63) is 70.9 Å². The number of benzene rings is 2. The summed E-state index contributed by atoms with van der Waals surface area (Å²) in [5.41, 5.74) is 2.91. The van der Waals surface area contributed by atoms with E-state index in [1.807, 2.05) is 31.2 Å². The van der Waals surface area contributed by atoms with Crippen LogP contribution in [0.25, 0.3) is 6.08 Å². The molecule has 0 amide bonds. The van der Waals surface area contributed by atoms with E-state index in [0.717, 1.165) is 16.7 Å². The van der Waals surface area contributed by atoms with Gasteiger partial charge in [-0.05, 0) is 42.8 Å². The average molecular weight is 279 g/mol. The molecule has 2 aromatic carbocycles. The minimum Gasteiger partial charge on any atom is -0.508 e. The van der Waals surface area contributed by atoms with Gasteiger partial charge in [0.05, 0.1) is 0 Å². The van der Waals surface area contributed by atoms with E-state index in [1.165, 1.54) is 0 Å². The Kier molecular flexibility index (Phi) is 3.28. The molecule has 21 heavy (non-hydrogen) atoms. The van der Waals surface area contributed by atoms with Crippen molar-refractivity contribution < 1.29 is 14.6 Å². The normalized spacial score (nSPS) is 16.0. The molecule has 0 spiro atoms. The molecule has 0 fully saturated rings. The Morgan fingerprint density at radius 2 is 1.71 bits per heavy atom. The van der Waals surface area contributed by atoms with E-state index in [1.54, 1.807) is 30.3 Å². The molecule has 0 aromatic heterocycles. The molecule has 0 saturated carbocycles. The van der Waals surface area contributed by atoms with Gasteiger partial charge in [-0.1, -0.05) is 29.8 Å². The summed E-state index contributed by atoms with van der Waals surface area (Å²) >= 11 is 0. The Hall–Kier alpha value is -2.88. The Morgan fingerprint density at radius 1 is 1.05 bits per heavy atom. The van der Waals surface area contributed by atoms with Crippen molar-refractivity contribution in [1.82, 2.24) is 0 Å². The number of aryl methyl sites for hydroxylation is 1. The van der Waals surface area contributed by atoms with Crippen LogP contribution >= 0.6 is 0 Å². The highest BCUT2D eigenvalue weighted by molar-refractivity contribution is 6.12. The topological polar surface area (TPSA) is 58.9 Å². The predicted octanol–water partition coefficient (Wildman–Crippen LogP) is 3.05. The third kappa shape index (κ3) is 2.84. The van der Waals surface area contributed by atoms with E-state index in [0.29, 0.717) is 5.90 Å². The van der Waals surface area contributed by atoms with Crippen LogP contribution in [-0.2, 0) is 9.53 Å². The molecule has 1 heterocycles. The molecular weight excluding hydrogens is 266 g/mol. The minimum absolute atomic E-state index is 0.176. The van der Waals surface area contributed by atoms with Gasteiger partial charge in [0.25, 0.3) is 0 Å². The monoisotopic (exact) mass is 279 g/mol. The van der Waals surface area contributed by atoms with E-state index in [4.69, 9.17) is 4.74 Å². The number of carbonyl (C=O) groups excluding carboxylic acids is 1. The summed E-state index contributed by atoms with van der Waals surface area (Å²) < 4.78 is 5.19. The lowest BCUT2D eigenvalue weighted by Gasteiger charge is -1.99. The lowest BCUT2D eigenvalue weighted by molar-refractivity contribution is -0.129. The third-order valence-corrected chi connectivity index (χ3v) is 3.12. The van der Waals surface area contributed by atoms with Gasteiger partial charge >= 0.3 is 5.97 Å². The Labute approximate surface area is 122 Å². The first-order valence-corrected chi connectivity index (χ1v) is 6.50. The number of aliphatic imine (C=N–C) groups is 1. The zero-order valence-corrected chi connectivity index (χ0v) is 11.4. The van der Waals surface area contributed by atoms with Crippen molar-refractivity contribution in [1.29, 1.82) is 0 Å². The van der Waals surface area contributed by atoms with Gasteiger partial charge in [-0.15, -0.1) is 0 Å². The molecule has 1 N–H and O–H groups in total. The SMILES string of the molecule is Cc1ccc(C2=N/C(=C\c3ccc(O)cc3)C(=O)O2)cc1. The van der Waals surface area contributed by atoms with Crippen LogP contribution in [0, 0.1) is 6.92 Å². The van der Waals surface area contributed by atoms with Gasteiger partial charge in [-0.2, -0.15) is 0 Å². The second-order valence-corrected chi connectivity index (χ2v) is 4.79. The number of ether oxygens (including phenoxy) is 1. The van der Waals surface area contributed by atoms with Gasteiger partial charge in [0.1, 0.15) is 5.75 Å². The summed E-state index contributed by atoms with van der Waals surface area (Å²) in [5, 5.41) is 9.24. The number of hydrogen-bond donors (Lipinski definition) is 1. The average Bonchev–Trinajstić information content (AvgIpc) is 2.83. The van der Waals surface area contributed by atoms with E-state index in [-0.39, 0.29) is 11.4 Å². The Balaban J connectivity index is 1.91. The van der Waals surface area contributed by atoms with Crippen LogP contribution in [0.5, 0.6) is 5.75 Å². The number of carbonyl (C=O) groups is 1. The summed E-state index contributed by atoms with van der Waals surface area (Å²) in [6, 6.07) is 14.1. The number of phenolic OH excluding ortho intramolecular Hbond substituents is 1. The Morgan fingerprint density at radius 3 is 2.38 bits per heavy atom. The lowest BCUT2D eigenvalue weighted by atomic mass is 10.1. The zero-order chi connectivity index (χ0) is 14.8. The number of nitrogens with zero attached hydrogens (tertiary/aromatic N) is 1. The van der Waals surface area contributed by atoms with Crippen molar-refractivity contribution >= 4 is 17.9 Å². The number of rotatable bonds is 2. The number of hydrogen-bond acceptors (Lipinski definition) is 4. The van der Waals surface area contributed by atoms with Crippen LogP contribution in [0.4, 0.5) is 0 Å². The summed E-state index contributed by atoms with van der Waals surface area (Å²) in [5.74, 6) is 0.0127. The van der Waals surface area contributed by atoms with Crippen LogP contribution in [0.3, 0.4) is 0 Å². The molecule has 1 aliphatic rings. The van der Waals surface area contributed by atoms with Gasteiger partial charge in [0.15, 0.2) is 5.70 Å². The van der Waals surface area contributed by atoms with Crippen LogP contribution in [0.1, 0.15) is 16.7 Å². The molecule has 4 nitrogen and oxygen atoms in total. The minimum atomic E-state index is -0.473. The quantitative estimate of drug-likeness (QED) is 0.679. The summed E-state index contributed by atoms with van der Waals surface area (Å²) in [6.45, 7) is 1.99. The summed E-state index contributed by atoms with van der Waals surface area (Å²) in [7, 11) is 0. The lowest BCUT2D eigenvalue weighted by Crippen LogP contribution is -2.05. The fourth-order valence-electron chi connectivity index (χ4n) is 1.96. The first kappa shape index (κ1) is 13.1. The molecule has 0 unspecified atom stereocenters. The molecule has 3 rings (SSSR count). The molecule has 0 aliphatic carbocycles. The first-order valence-electron chi connectivity index (χ1n) is 6.50. The van der Waals surface area contributed by atoms with E-state index < -0.39 is 5.97 Å². The third-order valence-electron chi connectivity index (χ3n) is 3.12. The molecule has 0 radical (unpaired) electrons. The first-order chi connectivity index (χ1) is 10.1. The van der Waals surface area contributed by atoms with Crippen LogP contribution in [0.2, 0.25) is 0 Å². The number of aromatic hydroxyl groups is 1. The molecule has 0 saturated heterocycles. The van der Waals surface area contributed by atoms with Crippen molar-refractivity contribution in [2.24, 2.45) is 4.99 Å². The van der Waals surface area contributed by atoms with E-state index in [2.05, 4.69) is 4.99 Å². The van der Waals surface area contributed by atoms with E-state index in [9.17, 15) is 9.90 Å². The fourth-order valence-corrected chi connectivity index (χ4v) is 1.96. The van der Waals surface area contributed by atoms with Crippen molar-refractivity contribution in [2.75, 3.05) is 0 Å². The van der Waals surface area contributed by atoms with Crippen LogP contribution < -0.4 is 0 Å². The molecule has 4 heteroatoms. The van der Waals surface area contributed by atoms with Crippen LogP contribution in [0.15, 0.2) is 59.2 Å². The second kappa shape index (κ2) is 5.25. The highest BCUT2D eigenvalue weighted by Crippen LogP contribution is 2.20.